The molecule has 0 spiro atoms. The molecule has 5 nitrogen and oxygen atoms in total. The third-order valence-electron chi connectivity index (χ3n) is 4.56. The molecule has 136 valence electrons. The second-order valence-corrected chi connectivity index (χ2v) is 6.60. The molecule has 0 aliphatic rings. The third kappa shape index (κ3) is 4.25. The van der Waals surface area contributed by atoms with Gasteiger partial charge < -0.3 is 10.4 Å². The smallest absolute Gasteiger partial charge is 0.254 e. The molecule has 0 aliphatic carbocycles. The van der Waals surface area contributed by atoms with E-state index in [2.05, 4.69) is 10.4 Å². The predicted molar refractivity (Wildman–Crippen MR) is 95.5 cm³/mol. The lowest BCUT2D eigenvalue weighted by molar-refractivity contribution is 0.0314. The highest BCUT2D eigenvalue weighted by Gasteiger charge is 2.25. The summed E-state index contributed by atoms with van der Waals surface area (Å²) in [7, 11) is 0. The number of amides is 1. The Labute approximate surface area is 147 Å². The molecular formula is C19H26FN3O2. The molecule has 2 aromatic rings. The zero-order valence-electron chi connectivity index (χ0n) is 15.2. The zero-order chi connectivity index (χ0) is 18.6. The van der Waals surface area contributed by atoms with Gasteiger partial charge in [0.1, 0.15) is 5.82 Å². The van der Waals surface area contributed by atoms with E-state index in [1.165, 1.54) is 18.3 Å². The minimum absolute atomic E-state index is 0.0459. The molecule has 0 bridgehead atoms. The van der Waals surface area contributed by atoms with Crippen LogP contribution in [-0.2, 0) is 0 Å². The molecule has 2 rings (SSSR count). The van der Waals surface area contributed by atoms with Gasteiger partial charge in [0.15, 0.2) is 0 Å². The zero-order valence-corrected chi connectivity index (χ0v) is 15.2. The van der Waals surface area contributed by atoms with Gasteiger partial charge in [0.2, 0.25) is 0 Å². The lowest BCUT2D eigenvalue weighted by atomic mass is 9.97. The van der Waals surface area contributed by atoms with Crippen molar-refractivity contribution >= 4 is 5.91 Å². The number of nitrogens with one attached hydrogen (secondary N) is 1. The van der Waals surface area contributed by atoms with Crippen LogP contribution in [0, 0.1) is 5.82 Å². The summed E-state index contributed by atoms with van der Waals surface area (Å²) in [5, 5.41) is 17.5. The monoisotopic (exact) mass is 347 g/mol. The Morgan fingerprint density at radius 3 is 2.40 bits per heavy atom. The Kier molecular flexibility index (Phi) is 5.95. The van der Waals surface area contributed by atoms with Crippen molar-refractivity contribution in [3.05, 3.63) is 47.5 Å². The maximum Gasteiger partial charge on any atom is 0.254 e. The van der Waals surface area contributed by atoms with Crippen LogP contribution in [0.25, 0.3) is 5.69 Å². The van der Waals surface area contributed by atoms with Crippen molar-refractivity contribution in [2.75, 3.05) is 6.54 Å². The van der Waals surface area contributed by atoms with E-state index in [0.717, 1.165) is 5.69 Å². The number of rotatable bonds is 7. The minimum atomic E-state index is -0.902. The van der Waals surface area contributed by atoms with Gasteiger partial charge in [-0.15, -0.1) is 0 Å². The molecule has 0 saturated carbocycles. The van der Waals surface area contributed by atoms with Gasteiger partial charge in [-0.2, -0.15) is 5.10 Å². The molecule has 1 heterocycles. The number of benzene rings is 1. The van der Waals surface area contributed by atoms with Crippen LogP contribution in [0.4, 0.5) is 4.39 Å². The fourth-order valence-corrected chi connectivity index (χ4v) is 2.72. The van der Waals surface area contributed by atoms with E-state index in [-0.39, 0.29) is 24.2 Å². The summed E-state index contributed by atoms with van der Waals surface area (Å²) in [6, 6.07) is 5.98. The standard InChI is InChI=1S/C19H26FN3O2/c1-5-19(25,6-2)12-21-18(24)16-11-22-23(17(16)13(3)4)15-9-7-14(20)8-10-15/h7-11,13,25H,5-6,12H2,1-4H3,(H,21,24). The van der Waals surface area contributed by atoms with Gasteiger partial charge in [0.25, 0.3) is 5.91 Å². The summed E-state index contributed by atoms with van der Waals surface area (Å²) in [6.45, 7) is 7.92. The third-order valence-corrected chi connectivity index (χ3v) is 4.56. The second-order valence-electron chi connectivity index (χ2n) is 6.60. The molecule has 2 N–H and O–H groups in total. The quantitative estimate of drug-likeness (QED) is 0.806. The Balaban J connectivity index is 2.29. The number of hydrogen-bond acceptors (Lipinski definition) is 3. The van der Waals surface area contributed by atoms with E-state index in [4.69, 9.17) is 0 Å². The molecular weight excluding hydrogens is 321 g/mol. The van der Waals surface area contributed by atoms with Crippen LogP contribution in [-0.4, -0.2) is 32.9 Å². The summed E-state index contributed by atoms with van der Waals surface area (Å²) < 4.78 is 14.8. The van der Waals surface area contributed by atoms with Crippen LogP contribution in [0.5, 0.6) is 0 Å². The lowest BCUT2D eigenvalue weighted by Crippen LogP contribution is -2.42. The predicted octanol–water partition coefficient (Wildman–Crippen LogP) is 3.42. The molecule has 0 fully saturated rings. The fraction of sp³-hybridized carbons (Fsp3) is 0.474. The van der Waals surface area contributed by atoms with Gasteiger partial charge in [-0.3, -0.25) is 4.79 Å². The van der Waals surface area contributed by atoms with Crippen LogP contribution in [0.2, 0.25) is 0 Å². The first-order chi connectivity index (χ1) is 11.8. The Morgan fingerprint density at radius 1 is 1.28 bits per heavy atom. The largest absolute Gasteiger partial charge is 0.388 e. The van der Waals surface area contributed by atoms with Crippen molar-refractivity contribution in [2.24, 2.45) is 0 Å². The molecule has 25 heavy (non-hydrogen) atoms. The van der Waals surface area contributed by atoms with Gasteiger partial charge >= 0.3 is 0 Å². The van der Waals surface area contributed by atoms with E-state index in [0.29, 0.717) is 24.1 Å². The lowest BCUT2D eigenvalue weighted by Gasteiger charge is -2.25. The van der Waals surface area contributed by atoms with Crippen molar-refractivity contribution in [2.45, 2.75) is 52.1 Å². The summed E-state index contributed by atoms with van der Waals surface area (Å²) in [5.74, 6) is -0.541. The Hall–Kier alpha value is -2.21. The van der Waals surface area contributed by atoms with Crippen LogP contribution in [0.3, 0.4) is 0 Å². The molecule has 0 saturated heterocycles. The minimum Gasteiger partial charge on any atom is -0.388 e. The second kappa shape index (κ2) is 7.78. The first-order valence-corrected chi connectivity index (χ1v) is 8.65. The van der Waals surface area contributed by atoms with Crippen LogP contribution >= 0.6 is 0 Å². The number of aliphatic hydroxyl groups is 1. The summed E-state index contributed by atoms with van der Waals surface area (Å²) >= 11 is 0. The van der Waals surface area contributed by atoms with E-state index < -0.39 is 5.60 Å². The van der Waals surface area contributed by atoms with E-state index in [1.807, 2.05) is 27.7 Å². The van der Waals surface area contributed by atoms with Crippen LogP contribution in [0.1, 0.15) is 62.5 Å². The highest BCUT2D eigenvalue weighted by Crippen LogP contribution is 2.23. The van der Waals surface area contributed by atoms with Gasteiger partial charge in [-0.1, -0.05) is 27.7 Å². The maximum atomic E-state index is 13.2. The van der Waals surface area contributed by atoms with E-state index >= 15 is 0 Å². The number of hydrogen-bond donors (Lipinski definition) is 2. The molecule has 0 radical (unpaired) electrons. The maximum absolute atomic E-state index is 13.2. The molecule has 1 amide bonds. The van der Waals surface area contributed by atoms with Gasteiger partial charge in [0.05, 0.1) is 28.7 Å². The van der Waals surface area contributed by atoms with Crippen molar-refractivity contribution < 1.29 is 14.3 Å². The Bertz CT molecular complexity index is 719. The van der Waals surface area contributed by atoms with Gasteiger partial charge in [-0.05, 0) is 43.0 Å². The topological polar surface area (TPSA) is 67.2 Å². The first-order valence-electron chi connectivity index (χ1n) is 8.65. The molecule has 1 aromatic carbocycles. The normalized spacial score (nSPS) is 11.8. The molecule has 1 aromatic heterocycles. The average Bonchev–Trinajstić information content (AvgIpc) is 3.05. The number of nitrogens with zero attached hydrogens (tertiary/aromatic N) is 2. The van der Waals surface area contributed by atoms with Crippen molar-refractivity contribution in [3.63, 3.8) is 0 Å². The number of aromatic nitrogens is 2. The van der Waals surface area contributed by atoms with Crippen molar-refractivity contribution in [1.29, 1.82) is 0 Å². The first kappa shape index (κ1) is 19.1. The van der Waals surface area contributed by atoms with Gasteiger partial charge in [0, 0.05) is 6.54 Å². The van der Waals surface area contributed by atoms with Crippen molar-refractivity contribution in [1.82, 2.24) is 15.1 Å². The number of halogens is 1. The van der Waals surface area contributed by atoms with Crippen LogP contribution in [0.15, 0.2) is 30.5 Å². The average molecular weight is 347 g/mol. The molecule has 0 unspecified atom stereocenters. The molecule has 6 heteroatoms. The number of carbonyl (C=O) groups excluding carboxylic acids is 1. The summed E-state index contributed by atoms with van der Waals surface area (Å²) in [5.41, 5.74) is 1.01. The van der Waals surface area contributed by atoms with E-state index in [9.17, 15) is 14.3 Å². The Morgan fingerprint density at radius 2 is 1.88 bits per heavy atom. The highest BCUT2D eigenvalue weighted by molar-refractivity contribution is 5.95. The van der Waals surface area contributed by atoms with Gasteiger partial charge in [-0.25, -0.2) is 9.07 Å². The summed E-state index contributed by atoms with van der Waals surface area (Å²) in [6.07, 6.45) is 2.65. The SMILES string of the molecule is CCC(O)(CC)CNC(=O)c1cnn(-c2ccc(F)cc2)c1C(C)C. The number of carbonyl (C=O) groups is 1. The molecule has 0 aliphatic heterocycles. The highest BCUT2D eigenvalue weighted by atomic mass is 19.1. The fourth-order valence-electron chi connectivity index (χ4n) is 2.72. The van der Waals surface area contributed by atoms with Crippen molar-refractivity contribution in [3.8, 4) is 5.69 Å². The van der Waals surface area contributed by atoms with Crippen LogP contribution < -0.4 is 5.32 Å². The molecule has 0 atom stereocenters. The van der Waals surface area contributed by atoms with E-state index in [1.54, 1.807) is 16.8 Å². The summed E-state index contributed by atoms with van der Waals surface area (Å²) in [4.78, 5) is 12.6.